The predicted octanol–water partition coefficient (Wildman–Crippen LogP) is 21.2. The van der Waals surface area contributed by atoms with Gasteiger partial charge in [-0.05, 0) is 144 Å². The molecule has 0 N–H and O–H groups in total. The topological polar surface area (TPSA) is 78.8 Å². The second-order valence-electron chi connectivity index (χ2n) is 22.3. The Morgan fingerprint density at radius 1 is 0.256 bits per heavy atom. The van der Waals surface area contributed by atoms with Crippen LogP contribution < -0.4 is 9.80 Å². The molecule has 0 aliphatic heterocycles. The molecule has 90 heavy (non-hydrogen) atoms. The van der Waals surface area contributed by atoms with Crippen molar-refractivity contribution in [1.82, 2.24) is 24.1 Å². The largest absolute Gasteiger partial charge is 0.311 e. The number of para-hydroxylation sites is 6. The highest BCUT2D eigenvalue weighted by atomic mass is 15.1. The maximum absolute atomic E-state index is 11.6. The van der Waals surface area contributed by atoms with Gasteiger partial charge in [0.25, 0.3) is 0 Å². The van der Waals surface area contributed by atoms with E-state index >= 15 is 0 Å². The summed E-state index contributed by atoms with van der Waals surface area (Å²) >= 11 is 0. The van der Waals surface area contributed by atoms with Gasteiger partial charge in [-0.25, -0.2) is 15.0 Å². The van der Waals surface area contributed by atoms with Crippen LogP contribution in [0.5, 0.6) is 0 Å². The molecule has 0 bridgehead atoms. The van der Waals surface area contributed by atoms with E-state index in [1.165, 1.54) is 0 Å². The van der Waals surface area contributed by atoms with Crippen LogP contribution >= 0.6 is 0 Å². The summed E-state index contributed by atoms with van der Waals surface area (Å²) in [6, 6.07) is 117. The first-order valence-corrected chi connectivity index (χ1v) is 30.1. The second kappa shape index (κ2) is 22.8. The van der Waals surface area contributed by atoms with E-state index in [0.29, 0.717) is 28.6 Å². The molecule has 422 valence electrons. The third-order valence-electron chi connectivity index (χ3n) is 17.0. The molecule has 0 fully saturated rings. The van der Waals surface area contributed by atoms with Gasteiger partial charge in [-0.15, -0.1) is 0 Å². The van der Waals surface area contributed by atoms with Crippen molar-refractivity contribution >= 4 is 77.7 Å². The van der Waals surface area contributed by atoms with E-state index in [9.17, 15) is 5.26 Å². The van der Waals surface area contributed by atoms with Crippen molar-refractivity contribution in [1.29, 1.82) is 5.26 Å². The fourth-order valence-corrected chi connectivity index (χ4v) is 12.8. The Morgan fingerprint density at radius 3 is 0.978 bits per heavy atom. The fourth-order valence-electron chi connectivity index (χ4n) is 12.8. The van der Waals surface area contributed by atoms with Crippen molar-refractivity contribution in [3.05, 3.63) is 333 Å². The molecule has 0 atom stereocenters. The van der Waals surface area contributed by atoms with E-state index in [-0.39, 0.29) is 0 Å². The minimum Gasteiger partial charge on any atom is -0.311 e. The highest BCUT2D eigenvalue weighted by molar-refractivity contribution is 6.13. The van der Waals surface area contributed by atoms with Crippen LogP contribution in [0.15, 0.2) is 328 Å². The SMILES string of the molecule is N#Cc1cc(-c2nc(-c3ccccc3)nc(-c3ccccc3)n2)c(-n2c3ccccc3c3cc(-c4ccc(N(c5ccccc5)c5ccccc5)cc4)ccc32)cc1-n1c2ccccc2c2cc(-c3ccc(N(c4ccccc4)c4ccccc4)cc3)ccc21. The number of hydrogen-bond donors (Lipinski definition) is 0. The summed E-state index contributed by atoms with van der Waals surface area (Å²) in [5.74, 6) is 1.50. The number of aromatic nitrogens is 5. The maximum atomic E-state index is 11.6. The smallest absolute Gasteiger partial charge is 0.166 e. The van der Waals surface area contributed by atoms with Gasteiger partial charge in [0.1, 0.15) is 6.07 Å². The fraction of sp³-hybridized carbons (Fsp3) is 0. The summed E-state index contributed by atoms with van der Waals surface area (Å²) in [6.45, 7) is 0. The Kier molecular flexibility index (Phi) is 13.4. The Labute approximate surface area is 521 Å². The number of nitrogens with zero attached hydrogens (tertiary/aromatic N) is 8. The van der Waals surface area contributed by atoms with Crippen LogP contribution in [0.3, 0.4) is 0 Å². The second-order valence-corrected chi connectivity index (χ2v) is 22.3. The Balaban J connectivity index is 0.879. The van der Waals surface area contributed by atoms with Crippen LogP contribution in [-0.2, 0) is 0 Å². The molecule has 0 aliphatic rings. The van der Waals surface area contributed by atoms with Gasteiger partial charge in [-0.1, -0.05) is 206 Å². The van der Waals surface area contributed by atoms with Crippen LogP contribution in [0, 0.1) is 11.3 Å². The van der Waals surface area contributed by atoms with Gasteiger partial charge < -0.3 is 18.9 Å². The molecule has 16 rings (SSSR count). The Hall–Kier alpha value is -12.4. The third kappa shape index (κ3) is 9.57. The first-order chi connectivity index (χ1) is 44.6. The van der Waals surface area contributed by atoms with Gasteiger partial charge in [-0.3, -0.25) is 0 Å². The van der Waals surface area contributed by atoms with Crippen molar-refractivity contribution in [2.24, 2.45) is 0 Å². The molecule has 13 aromatic carbocycles. The van der Waals surface area contributed by atoms with E-state index in [2.05, 4.69) is 274 Å². The number of benzene rings is 13. The van der Waals surface area contributed by atoms with Crippen LogP contribution in [-0.4, -0.2) is 24.1 Å². The first kappa shape index (κ1) is 53.1. The minimum atomic E-state index is 0.442. The van der Waals surface area contributed by atoms with Crippen LogP contribution in [0.25, 0.3) is 111 Å². The molecule has 0 radical (unpaired) electrons. The standard InChI is InChI=1S/C82H54N8/c83-55-62-53-73(82-85-80(58-23-7-1-8-24-58)84-81(86-82)59-25-9-2-10-26-59)79(90-75-38-22-20-36-70(75)72-52-61(44-50-77(72)90)57-41-47-68(48-42-57)88(65-31-15-5-16-32-65)66-33-17-6-18-34-66)54-78(62)89-74-37-21-19-35-69(74)71-51-60(43-49-76(71)89)56-39-45-67(46-40-56)87(63-27-11-3-12-28-63)64-29-13-4-14-30-64/h1-54H. The first-order valence-electron chi connectivity index (χ1n) is 30.1. The number of hydrogen-bond acceptors (Lipinski definition) is 6. The Morgan fingerprint density at radius 2 is 0.578 bits per heavy atom. The van der Waals surface area contributed by atoms with Crippen LogP contribution in [0.2, 0.25) is 0 Å². The highest BCUT2D eigenvalue weighted by Crippen LogP contribution is 2.44. The lowest BCUT2D eigenvalue weighted by Gasteiger charge is -2.25. The maximum Gasteiger partial charge on any atom is 0.166 e. The van der Waals surface area contributed by atoms with Crippen molar-refractivity contribution in [2.75, 3.05) is 9.80 Å². The van der Waals surface area contributed by atoms with Gasteiger partial charge in [0, 0.05) is 72.4 Å². The number of anilines is 6. The van der Waals surface area contributed by atoms with Gasteiger partial charge in [-0.2, -0.15) is 5.26 Å². The molecule has 0 spiro atoms. The van der Waals surface area contributed by atoms with Crippen LogP contribution in [0.4, 0.5) is 34.1 Å². The summed E-state index contributed by atoms with van der Waals surface area (Å²) in [7, 11) is 0. The van der Waals surface area contributed by atoms with Crippen molar-refractivity contribution < 1.29 is 0 Å². The van der Waals surface area contributed by atoms with E-state index in [4.69, 9.17) is 15.0 Å². The highest BCUT2D eigenvalue weighted by Gasteiger charge is 2.25. The van der Waals surface area contributed by atoms with Gasteiger partial charge in [0.2, 0.25) is 0 Å². The third-order valence-corrected chi connectivity index (χ3v) is 17.0. The molecule has 3 aromatic heterocycles. The lowest BCUT2D eigenvalue weighted by Crippen LogP contribution is -2.09. The summed E-state index contributed by atoms with van der Waals surface area (Å²) in [5.41, 5.74) is 19.1. The number of nitriles is 1. The average Bonchev–Trinajstić information content (AvgIpc) is 1.55. The molecule has 3 heterocycles. The molecular weight excluding hydrogens is 1100 g/mol. The molecular formula is C82H54N8. The minimum absolute atomic E-state index is 0.442. The summed E-state index contributed by atoms with van der Waals surface area (Å²) < 4.78 is 4.58. The van der Waals surface area contributed by atoms with Crippen LogP contribution in [0.1, 0.15) is 5.56 Å². The molecule has 0 saturated heterocycles. The van der Waals surface area contributed by atoms with E-state index in [1.807, 2.05) is 78.9 Å². The molecule has 8 heteroatoms. The lowest BCUT2D eigenvalue weighted by molar-refractivity contribution is 1.06. The van der Waals surface area contributed by atoms with Crippen molar-refractivity contribution in [3.8, 4) is 73.9 Å². The van der Waals surface area contributed by atoms with Gasteiger partial charge in [0.15, 0.2) is 17.5 Å². The molecule has 0 aliphatic carbocycles. The van der Waals surface area contributed by atoms with Gasteiger partial charge in [0.05, 0.1) is 39.0 Å². The predicted molar refractivity (Wildman–Crippen MR) is 370 cm³/mol. The Bertz CT molecular complexity index is 5200. The monoisotopic (exact) mass is 1150 g/mol. The number of rotatable bonds is 13. The molecule has 0 amide bonds. The molecule has 8 nitrogen and oxygen atoms in total. The zero-order valence-corrected chi connectivity index (χ0v) is 48.8. The van der Waals surface area contributed by atoms with Crippen molar-refractivity contribution in [3.63, 3.8) is 0 Å². The average molecular weight is 1150 g/mol. The van der Waals surface area contributed by atoms with E-state index in [1.54, 1.807) is 0 Å². The zero-order valence-electron chi connectivity index (χ0n) is 48.8. The lowest BCUT2D eigenvalue weighted by atomic mass is 10.0. The molecule has 0 saturated carbocycles. The zero-order chi connectivity index (χ0) is 59.9. The number of fused-ring (bicyclic) bond motifs is 6. The van der Waals surface area contributed by atoms with Gasteiger partial charge >= 0.3 is 0 Å². The molecule has 16 aromatic rings. The summed E-state index contributed by atoms with van der Waals surface area (Å²) in [6.07, 6.45) is 0. The molecule has 0 unspecified atom stereocenters. The van der Waals surface area contributed by atoms with E-state index in [0.717, 1.165) is 122 Å². The summed E-state index contributed by atoms with van der Waals surface area (Å²) in [5, 5.41) is 15.9. The normalized spacial score (nSPS) is 11.3. The van der Waals surface area contributed by atoms with Crippen molar-refractivity contribution in [2.45, 2.75) is 0 Å². The quantitative estimate of drug-likeness (QED) is 0.114. The van der Waals surface area contributed by atoms with E-state index < -0.39 is 0 Å². The summed E-state index contributed by atoms with van der Waals surface area (Å²) in [4.78, 5) is 20.3.